The predicted molar refractivity (Wildman–Crippen MR) is 70.5 cm³/mol. The van der Waals surface area contributed by atoms with Gasteiger partial charge in [-0.1, -0.05) is 13.8 Å². The first-order valence-corrected chi connectivity index (χ1v) is 7.30. The minimum atomic E-state index is 0.334. The maximum absolute atomic E-state index is 5.73. The summed E-state index contributed by atoms with van der Waals surface area (Å²) in [4.78, 5) is 2.62. The second-order valence-electron chi connectivity index (χ2n) is 5.28. The monoisotopic (exact) mass is 230 g/mol. The van der Waals surface area contributed by atoms with Crippen molar-refractivity contribution >= 4 is 11.8 Å². The van der Waals surface area contributed by atoms with Crippen molar-refractivity contribution < 1.29 is 0 Å². The number of thioether (sulfide) groups is 1. The van der Waals surface area contributed by atoms with Gasteiger partial charge in [0.2, 0.25) is 0 Å². The van der Waals surface area contributed by atoms with Crippen molar-refractivity contribution in [1.29, 1.82) is 0 Å². The van der Waals surface area contributed by atoms with Crippen LogP contribution >= 0.6 is 11.8 Å². The first-order chi connectivity index (χ1) is 7.14. The topological polar surface area (TPSA) is 29.3 Å². The first kappa shape index (κ1) is 13.3. The van der Waals surface area contributed by atoms with Gasteiger partial charge in [0.05, 0.1) is 0 Å². The highest BCUT2D eigenvalue weighted by atomic mass is 32.2. The van der Waals surface area contributed by atoms with Gasteiger partial charge in [0.1, 0.15) is 0 Å². The van der Waals surface area contributed by atoms with E-state index in [1.807, 2.05) is 0 Å². The van der Waals surface area contributed by atoms with Gasteiger partial charge in [0.15, 0.2) is 0 Å². The first-order valence-electron chi connectivity index (χ1n) is 6.14. The van der Waals surface area contributed by atoms with E-state index in [1.165, 1.54) is 50.4 Å². The average molecular weight is 230 g/mol. The molecule has 3 heteroatoms. The van der Waals surface area contributed by atoms with Crippen molar-refractivity contribution in [2.24, 2.45) is 11.1 Å². The van der Waals surface area contributed by atoms with Crippen molar-refractivity contribution in [3.63, 3.8) is 0 Å². The highest BCUT2D eigenvalue weighted by molar-refractivity contribution is 7.99. The molecule has 0 aromatic rings. The van der Waals surface area contributed by atoms with Crippen LogP contribution in [0.5, 0.6) is 0 Å². The minimum Gasteiger partial charge on any atom is -0.330 e. The number of nitrogens with two attached hydrogens (primary N) is 1. The highest BCUT2D eigenvalue weighted by Gasteiger charge is 2.16. The fourth-order valence-corrected chi connectivity index (χ4v) is 2.83. The third-order valence-electron chi connectivity index (χ3n) is 3.20. The molecule has 0 spiro atoms. The Balaban J connectivity index is 2.13. The molecule has 1 aliphatic rings. The zero-order valence-corrected chi connectivity index (χ0v) is 11.1. The molecule has 1 fully saturated rings. The molecule has 0 bridgehead atoms. The van der Waals surface area contributed by atoms with E-state index < -0.39 is 0 Å². The molecule has 2 nitrogen and oxygen atoms in total. The van der Waals surface area contributed by atoms with E-state index in [0.29, 0.717) is 5.41 Å². The van der Waals surface area contributed by atoms with Crippen LogP contribution in [0.2, 0.25) is 0 Å². The summed E-state index contributed by atoms with van der Waals surface area (Å²) in [7, 11) is 0. The van der Waals surface area contributed by atoms with E-state index >= 15 is 0 Å². The van der Waals surface area contributed by atoms with Crippen LogP contribution in [-0.4, -0.2) is 42.6 Å². The van der Waals surface area contributed by atoms with Gasteiger partial charge in [-0.3, -0.25) is 0 Å². The summed E-state index contributed by atoms with van der Waals surface area (Å²) in [6.07, 6.45) is 3.92. The van der Waals surface area contributed by atoms with Crippen LogP contribution in [0.15, 0.2) is 0 Å². The molecular formula is C12H26N2S. The lowest BCUT2D eigenvalue weighted by molar-refractivity contribution is 0.256. The highest BCUT2D eigenvalue weighted by Crippen LogP contribution is 2.20. The van der Waals surface area contributed by atoms with E-state index in [4.69, 9.17) is 5.73 Å². The molecule has 1 saturated heterocycles. The average Bonchev–Trinajstić information content (AvgIpc) is 2.46. The van der Waals surface area contributed by atoms with E-state index in [1.54, 1.807) is 0 Å². The van der Waals surface area contributed by atoms with Crippen LogP contribution in [0.3, 0.4) is 0 Å². The second kappa shape index (κ2) is 6.77. The molecule has 90 valence electrons. The maximum Gasteiger partial charge on any atom is 0.00723 e. The van der Waals surface area contributed by atoms with Gasteiger partial charge in [0.25, 0.3) is 0 Å². The van der Waals surface area contributed by atoms with Gasteiger partial charge in [-0.2, -0.15) is 11.8 Å². The SMILES string of the molecule is CC(C)(CN)CCCN1CCCSCC1. The molecule has 0 aromatic carbocycles. The van der Waals surface area contributed by atoms with Crippen LogP contribution in [0.25, 0.3) is 0 Å². The number of rotatable bonds is 5. The molecular weight excluding hydrogens is 204 g/mol. The Bertz CT molecular complexity index is 163. The van der Waals surface area contributed by atoms with Gasteiger partial charge in [-0.15, -0.1) is 0 Å². The smallest absolute Gasteiger partial charge is 0.00723 e. The molecule has 1 heterocycles. The standard InChI is InChI=1S/C12H26N2S/c1-12(2,11-13)5-3-6-14-7-4-9-15-10-8-14/h3-11,13H2,1-2H3. The summed E-state index contributed by atoms with van der Waals surface area (Å²) in [5.74, 6) is 2.67. The number of hydrogen-bond acceptors (Lipinski definition) is 3. The molecule has 1 rings (SSSR count). The molecule has 15 heavy (non-hydrogen) atoms. The van der Waals surface area contributed by atoms with E-state index in [-0.39, 0.29) is 0 Å². The summed E-state index contributed by atoms with van der Waals surface area (Å²) in [6, 6.07) is 0. The Labute approximate surface area is 99.0 Å². The van der Waals surface area contributed by atoms with Crippen molar-refractivity contribution in [1.82, 2.24) is 4.90 Å². The van der Waals surface area contributed by atoms with Crippen molar-refractivity contribution in [2.75, 3.05) is 37.7 Å². The zero-order chi connectivity index (χ0) is 11.1. The molecule has 0 unspecified atom stereocenters. The van der Waals surface area contributed by atoms with Crippen LogP contribution in [-0.2, 0) is 0 Å². The molecule has 0 saturated carbocycles. The molecule has 0 amide bonds. The van der Waals surface area contributed by atoms with Gasteiger partial charge in [0, 0.05) is 12.3 Å². The van der Waals surface area contributed by atoms with Crippen molar-refractivity contribution in [3.05, 3.63) is 0 Å². The van der Waals surface area contributed by atoms with Gasteiger partial charge in [-0.05, 0) is 50.1 Å². The second-order valence-corrected chi connectivity index (χ2v) is 6.50. The zero-order valence-electron chi connectivity index (χ0n) is 10.3. The largest absolute Gasteiger partial charge is 0.330 e. The molecule has 0 aliphatic carbocycles. The maximum atomic E-state index is 5.73. The van der Waals surface area contributed by atoms with Gasteiger partial charge in [-0.25, -0.2) is 0 Å². The molecule has 0 atom stereocenters. The quantitative estimate of drug-likeness (QED) is 0.785. The summed E-state index contributed by atoms with van der Waals surface area (Å²) < 4.78 is 0. The van der Waals surface area contributed by atoms with Crippen molar-refractivity contribution in [2.45, 2.75) is 33.1 Å². The molecule has 0 radical (unpaired) electrons. The minimum absolute atomic E-state index is 0.334. The Morgan fingerprint density at radius 3 is 2.80 bits per heavy atom. The fraction of sp³-hybridized carbons (Fsp3) is 1.00. The van der Waals surface area contributed by atoms with E-state index in [9.17, 15) is 0 Å². The summed E-state index contributed by atoms with van der Waals surface area (Å²) in [5, 5.41) is 0. The Morgan fingerprint density at radius 1 is 1.27 bits per heavy atom. The lowest BCUT2D eigenvalue weighted by atomic mass is 9.88. The Morgan fingerprint density at radius 2 is 2.07 bits per heavy atom. The summed E-state index contributed by atoms with van der Waals surface area (Å²) in [5.41, 5.74) is 6.07. The van der Waals surface area contributed by atoms with Crippen LogP contribution < -0.4 is 5.73 Å². The Hall–Kier alpha value is 0.270. The fourth-order valence-electron chi connectivity index (χ4n) is 1.90. The predicted octanol–water partition coefficient (Wildman–Crippen LogP) is 2.19. The third-order valence-corrected chi connectivity index (χ3v) is 4.24. The van der Waals surface area contributed by atoms with E-state index in [2.05, 4.69) is 30.5 Å². The lowest BCUT2D eigenvalue weighted by Crippen LogP contribution is -2.29. The van der Waals surface area contributed by atoms with Gasteiger partial charge >= 0.3 is 0 Å². The number of nitrogens with zero attached hydrogens (tertiary/aromatic N) is 1. The molecule has 2 N–H and O–H groups in total. The molecule has 1 aliphatic heterocycles. The van der Waals surface area contributed by atoms with Crippen LogP contribution in [0.4, 0.5) is 0 Å². The normalized spacial score (nSPS) is 20.2. The van der Waals surface area contributed by atoms with E-state index in [0.717, 1.165) is 6.54 Å². The molecule has 0 aromatic heterocycles. The summed E-state index contributed by atoms with van der Waals surface area (Å²) >= 11 is 2.10. The third kappa shape index (κ3) is 5.79. The van der Waals surface area contributed by atoms with Crippen LogP contribution in [0, 0.1) is 5.41 Å². The summed E-state index contributed by atoms with van der Waals surface area (Å²) in [6.45, 7) is 9.20. The Kier molecular flexibility index (Phi) is 6.02. The lowest BCUT2D eigenvalue weighted by Gasteiger charge is -2.25. The number of hydrogen-bond donors (Lipinski definition) is 1. The van der Waals surface area contributed by atoms with Gasteiger partial charge < -0.3 is 10.6 Å². The van der Waals surface area contributed by atoms with Crippen LogP contribution in [0.1, 0.15) is 33.1 Å². The van der Waals surface area contributed by atoms with Crippen molar-refractivity contribution in [3.8, 4) is 0 Å².